The Balaban J connectivity index is 2.76. The van der Waals surface area contributed by atoms with Gasteiger partial charge in [0.25, 0.3) is 0 Å². The Labute approximate surface area is 81.9 Å². The van der Waals surface area contributed by atoms with Crippen molar-refractivity contribution in [2.45, 2.75) is 32.1 Å². The van der Waals surface area contributed by atoms with Crippen molar-refractivity contribution in [2.24, 2.45) is 0 Å². The number of hydrogen-bond acceptors (Lipinski definition) is 3. The number of rotatable bonds is 10. The van der Waals surface area contributed by atoms with E-state index in [2.05, 4.69) is 10.6 Å². The lowest BCUT2D eigenvalue weighted by atomic mass is 10.2. The summed E-state index contributed by atoms with van der Waals surface area (Å²) in [6, 6.07) is 0. The van der Waals surface area contributed by atoms with Gasteiger partial charge in [-0.3, -0.25) is 0 Å². The third kappa shape index (κ3) is 11.9. The van der Waals surface area contributed by atoms with E-state index in [0.29, 0.717) is 6.61 Å². The summed E-state index contributed by atoms with van der Waals surface area (Å²) < 4.78 is 0. The molecule has 0 aliphatic heterocycles. The molecule has 0 aliphatic carbocycles. The molecule has 3 heteroatoms. The van der Waals surface area contributed by atoms with Crippen LogP contribution in [-0.2, 0) is 0 Å². The van der Waals surface area contributed by atoms with Crippen LogP contribution in [0.5, 0.6) is 0 Å². The quantitative estimate of drug-likeness (QED) is 0.443. The van der Waals surface area contributed by atoms with Gasteiger partial charge in [0.05, 0.1) is 0 Å². The molecule has 0 heterocycles. The SMILES string of the molecule is CNCCCNCCCCCCO. The molecule has 0 atom stereocenters. The van der Waals surface area contributed by atoms with Crippen molar-refractivity contribution in [1.82, 2.24) is 10.6 Å². The zero-order chi connectivity index (χ0) is 9.78. The number of nitrogens with one attached hydrogen (secondary N) is 2. The highest BCUT2D eigenvalue weighted by Gasteiger charge is 1.89. The highest BCUT2D eigenvalue weighted by atomic mass is 16.2. The Hall–Kier alpha value is -0.120. The molecule has 0 fully saturated rings. The molecule has 0 saturated heterocycles. The Morgan fingerprint density at radius 1 is 0.846 bits per heavy atom. The maximum Gasteiger partial charge on any atom is 0.0431 e. The number of unbranched alkanes of at least 4 members (excludes halogenated alkanes) is 3. The monoisotopic (exact) mass is 188 g/mol. The second-order valence-electron chi connectivity index (χ2n) is 3.34. The largest absolute Gasteiger partial charge is 0.396 e. The first kappa shape index (κ1) is 12.9. The number of aliphatic hydroxyl groups excluding tert-OH is 1. The van der Waals surface area contributed by atoms with E-state index < -0.39 is 0 Å². The van der Waals surface area contributed by atoms with Gasteiger partial charge in [0.2, 0.25) is 0 Å². The molecule has 13 heavy (non-hydrogen) atoms. The molecular weight excluding hydrogens is 164 g/mol. The topological polar surface area (TPSA) is 44.3 Å². The van der Waals surface area contributed by atoms with Crippen LogP contribution in [0.2, 0.25) is 0 Å². The minimum absolute atomic E-state index is 0.343. The summed E-state index contributed by atoms with van der Waals surface area (Å²) in [5.74, 6) is 0. The van der Waals surface area contributed by atoms with Gasteiger partial charge in [0, 0.05) is 6.61 Å². The van der Waals surface area contributed by atoms with Crippen molar-refractivity contribution in [1.29, 1.82) is 0 Å². The summed E-state index contributed by atoms with van der Waals surface area (Å²) in [5, 5.41) is 15.1. The van der Waals surface area contributed by atoms with Crippen molar-refractivity contribution in [3.05, 3.63) is 0 Å². The molecule has 80 valence electrons. The van der Waals surface area contributed by atoms with E-state index in [0.717, 1.165) is 32.5 Å². The van der Waals surface area contributed by atoms with Crippen LogP contribution in [0.3, 0.4) is 0 Å². The summed E-state index contributed by atoms with van der Waals surface area (Å²) in [4.78, 5) is 0. The van der Waals surface area contributed by atoms with Crippen LogP contribution < -0.4 is 10.6 Å². The highest BCUT2D eigenvalue weighted by molar-refractivity contribution is 4.50. The first-order valence-electron chi connectivity index (χ1n) is 5.38. The summed E-state index contributed by atoms with van der Waals surface area (Å²) >= 11 is 0. The van der Waals surface area contributed by atoms with E-state index in [1.807, 2.05) is 7.05 Å². The lowest BCUT2D eigenvalue weighted by Gasteiger charge is -2.03. The van der Waals surface area contributed by atoms with Gasteiger partial charge in [0.1, 0.15) is 0 Å². The Bertz CT molecular complexity index is 79.0. The lowest BCUT2D eigenvalue weighted by Crippen LogP contribution is -2.20. The Kier molecular flexibility index (Phi) is 11.8. The standard InChI is InChI=1S/C10H24N2O/c1-11-7-6-9-12-8-4-2-3-5-10-13/h11-13H,2-10H2,1H3. The van der Waals surface area contributed by atoms with Gasteiger partial charge < -0.3 is 15.7 Å². The molecule has 0 saturated carbocycles. The van der Waals surface area contributed by atoms with E-state index in [-0.39, 0.29) is 0 Å². The third-order valence-electron chi connectivity index (χ3n) is 2.04. The Morgan fingerprint density at radius 3 is 2.23 bits per heavy atom. The van der Waals surface area contributed by atoms with E-state index in [9.17, 15) is 0 Å². The van der Waals surface area contributed by atoms with Crippen molar-refractivity contribution in [3.8, 4) is 0 Å². The molecule has 0 rings (SSSR count). The highest BCUT2D eigenvalue weighted by Crippen LogP contribution is 1.97. The molecule has 3 N–H and O–H groups in total. The van der Waals surface area contributed by atoms with Crippen LogP contribution in [0.4, 0.5) is 0 Å². The Morgan fingerprint density at radius 2 is 1.54 bits per heavy atom. The molecule has 0 bridgehead atoms. The van der Waals surface area contributed by atoms with Crippen LogP contribution >= 0.6 is 0 Å². The van der Waals surface area contributed by atoms with Gasteiger partial charge in [0.15, 0.2) is 0 Å². The predicted octanol–water partition coefficient (Wildman–Crippen LogP) is 0.738. The average Bonchev–Trinajstić information content (AvgIpc) is 2.16. The number of aliphatic hydroxyl groups is 1. The van der Waals surface area contributed by atoms with Crippen molar-refractivity contribution in [2.75, 3.05) is 33.3 Å². The maximum absolute atomic E-state index is 8.54. The fourth-order valence-corrected chi connectivity index (χ4v) is 1.23. The van der Waals surface area contributed by atoms with Crippen molar-refractivity contribution < 1.29 is 5.11 Å². The van der Waals surface area contributed by atoms with Gasteiger partial charge in [-0.2, -0.15) is 0 Å². The molecule has 0 unspecified atom stereocenters. The molecule has 0 spiro atoms. The molecule has 3 nitrogen and oxygen atoms in total. The first-order chi connectivity index (χ1) is 6.41. The molecule has 0 radical (unpaired) electrons. The van der Waals surface area contributed by atoms with E-state index in [1.165, 1.54) is 19.3 Å². The predicted molar refractivity (Wildman–Crippen MR) is 57.0 cm³/mol. The average molecular weight is 188 g/mol. The van der Waals surface area contributed by atoms with Crippen molar-refractivity contribution in [3.63, 3.8) is 0 Å². The fraction of sp³-hybridized carbons (Fsp3) is 1.00. The third-order valence-corrected chi connectivity index (χ3v) is 2.04. The summed E-state index contributed by atoms with van der Waals surface area (Å²) in [7, 11) is 1.98. The van der Waals surface area contributed by atoms with Crippen molar-refractivity contribution >= 4 is 0 Å². The van der Waals surface area contributed by atoms with E-state index in [1.54, 1.807) is 0 Å². The van der Waals surface area contributed by atoms with Gasteiger partial charge in [-0.15, -0.1) is 0 Å². The summed E-state index contributed by atoms with van der Waals surface area (Å²) in [6.07, 6.45) is 5.79. The van der Waals surface area contributed by atoms with Crippen LogP contribution in [0.1, 0.15) is 32.1 Å². The molecule has 0 aromatic carbocycles. The van der Waals surface area contributed by atoms with Gasteiger partial charge in [-0.25, -0.2) is 0 Å². The smallest absolute Gasteiger partial charge is 0.0431 e. The van der Waals surface area contributed by atoms with E-state index >= 15 is 0 Å². The minimum atomic E-state index is 0.343. The van der Waals surface area contributed by atoms with E-state index in [4.69, 9.17) is 5.11 Å². The molecule has 0 aromatic rings. The number of hydrogen-bond donors (Lipinski definition) is 3. The summed E-state index contributed by atoms with van der Waals surface area (Å²) in [6.45, 7) is 3.67. The lowest BCUT2D eigenvalue weighted by molar-refractivity contribution is 0.282. The second-order valence-corrected chi connectivity index (χ2v) is 3.34. The van der Waals surface area contributed by atoms with Gasteiger partial charge >= 0.3 is 0 Å². The fourth-order valence-electron chi connectivity index (χ4n) is 1.23. The maximum atomic E-state index is 8.54. The normalized spacial score (nSPS) is 10.6. The first-order valence-corrected chi connectivity index (χ1v) is 5.38. The van der Waals surface area contributed by atoms with Gasteiger partial charge in [-0.05, 0) is 45.9 Å². The van der Waals surface area contributed by atoms with Crippen LogP contribution in [0.15, 0.2) is 0 Å². The van der Waals surface area contributed by atoms with Crippen LogP contribution in [-0.4, -0.2) is 38.4 Å². The van der Waals surface area contributed by atoms with Crippen LogP contribution in [0, 0.1) is 0 Å². The minimum Gasteiger partial charge on any atom is -0.396 e. The summed E-state index contributed by atoms with van der Waals surface area (Å²) in [5.41, 5.74) is 0. The zero-order valence-electron chi connectivity index (χ0n) is 8.81. The molecular formula is C10H24N2O. The van der Waals surface area contributed by atoms with Gasteiger partial charge in [-0.1, -0.05) is 12.8 Å². The van der Waals surface area contributed by atoms with Crippen LogP contribution in [0.25, 0.3) is 0 Å². The second kappa shape index (κ2) is 11.9. The molecule has 0 aromatic heterocycles. The zero-order valence-corrected chi connectivity index (χ0v) is 8.81. The molecule has 0 amide bonds. The molecule has 0 aliphatic rings.